The molecule has 0 fully saturated rings. The molecule has 0 saturated heterocycles. The van der Waals surface area contributed by atoms with Crippen molar-refractivity contribution < 1.29 is 23.7 Å². The summed E-state index contributed by atoms with van der Waals surface area (Å²) in [4.78, 5) is 12.2. The van der Waals surface area contributed by atoms with Crippen molar-refractivity contribution >= 4 is 5.97 Å². The Balaban J connectivity index is 1.86. The highest BCUT2D eigenvalue weighted by Gasteiger charge is 2.12. The van der Waals surface area contributed by atoms with Gasteiger partial charge in [0.15, 0.2) is 11.5 Å². The monoisotopic (exact) mass is 355 g/mol. The van der Waals surface area contributed by atoms with Gasteiger partial charge in [-0.25, -0.2) is 4.79 Å². The number of carbonyl (C=O) groups is 1. The van der Waals surface area contributed by atoms with Crippen LogP contribution in [-0.4, -0.2) is 32.4 Å². The molecule has 2 aromatic rings. The van der Waals surface area contributed by atoms with E-state index >= 15 is 0 Å². The van der Waals surface area contributed by atoms with Crippen LogP contribution in [0.1, 0.15) is 29.8 Å². The molecule has 0 saturated carbocycles. The third-order valence-corrected chi connectivity index (χ3v) is 3.35. The molecule has 26 heavy (non-hydrogen) atoms. The van der Waals surface area contributed by atoms with E-state index in [4.69, 9.17) is 24.2 Å². The summed E-state index contributed by atoms with van der Waals surface area (Å²) in [7, 11) is 0. The molecule has 6 nitrogen and oxygen atoms in total. The fourth-order valence-corrected chi connectivity index (χ4v) is 2.18. The van der Waals surface area contributed by atoms with Crippen molar-refractivity contribution in [2.45, 2.75) is 13.8 Å². The summed E-state index contributed by atoms with van der Waals surface area (Å²) in [6.45, 7) is 5.05. The van der Waals surface area contributed by atoms with Crippen LogP contribution in [0.2, 0.25) is 0 Å². The summed E-state index contributed by atoms with van der Waals surface area (Å²) in [5.74, 6) is 1.25. The third-order valence-electron chi connectivity index (χ3n) is 3.35. The van der Waals surface area contributed by atoms with Crippen molar-refractivity contribution in [2.24, 2.45) is 0 Å². The van der Waals surface area contributed by atoms with Gasteiger partial charge in [0.2, 0.25) is 0 Å². The standard InChI is InChI=1S/C20H21NO5/c1-3-23-18-10-7-16(13-19(18)24-4-2)20(22)26-12-11-25-17-8-5-15(14-21)6-9-17/h5-10,13H,3-4,11-12H2,1-2H3. The van der Waals surface area contributed by atoms with Crippen LogP contribution in [0, 0.1) is 11.3 Å². The molecule has 0 aliphatic carbocycles. The number of ether oxygens (including phenoxy) is 4. The van der Waals surface area contributed by atoms with Crippen LogP contribution in [0.4, 0.5) is 0 Å². The highest BCUT2D eigenvalue weighted by atomic mass is 16.6. The average Bonchev–Trinajstić information content (AvgIpc) is 2.67. The van der Waals surface area contributed by atoms with E-state index in [0.29, 0.717) is 41.6 Å². The van der Waals surface area contributed by atoms with Crippen LogP contribution in [0.25, 0.3) is 0 Å². The van der Waals surface area contributed by atoms with E-state index in [1.165, 1.54) is 0 Å². The van der Waals surface area contributed by atoms with Gasteiger partial charge in [-0.05, 0) is 56.3 Å². The molecule has 0 aliphatic rings. The van der Waals surface area contributed by atoms with Crippen LogP contribution < -0.4 is 14.2 Å². The van der Waals surface area contributed by atoms with Crippen molar-refractivity contribution in [3.05, 3.63) is 53.6 Å². The Morgan fingerprint density at radius 1 is 0.923 bits per heavy atom. The number of nitrogens with zero attached hydrogens (tertiary/aromatic N) is 1. The first kappa shape index (κ1) is 19.1. The number of esters is 1. The number of carbonyl (C=O) groups excluding carboxylic acids is 1. The van der Waals surface area contributed by atoms with E-state index in [2.05, 4.69) is 0 Å². The zero-order valence-corrected chi connectivity index (χ0v) is 14.9. The van der Waals surface area contributed by atoms with Gasteiger partial charge in [-0.1, -0.05) is 0 Å². The van der Waals surface area contributed by atoms with E-state index in [-0.39, 0.29) is 13.2 Å². The normalized spacial score (nSPS) is 9.88. The van der Waals surface area contributed by atoms with Crippen molar-refractivity contribution in [1.82, 2.24) is 0 Å². The van der Waals surface area contributed by atoms with Crippen LogP contribution in [0.5, 0.6) is 17.2 Å². The number of benzene rings is 2. The van der Waals surface area contributed by atoms with Crippen molar-refractivity contribution in [1.29, 1.82) is 5.26 Å². The minimum absolute atomic E-state index is 0.107. The second kappa shape index (κ2) is 9.94. The first-order valence-corrected chi connectivity index (χ1v) is 8.37. The maximum absolute atomic E-state index is 12.2. The summed E-state index contributed by atoms with van der Waals surface area (Å²) in [6, 6.07) is 13.7. The van der Waals surface area contributed by atoms with Crippen LogP contribution in [-0.2, 0) is 4.74 Å². The fourth-order valence-electron chi connectivity index (χ4n) is 2.18. The molecule has 0 atom stereocenters. The summed E-state index contributed by atoms with van der Waals surface area (Å²) in [6.07, 6.45) is 0. The first-order chi connectivity index (χ1) is 12.7. The number of rotatable bonds is 9. The highest BCUT2D eigenvalue weighted by molar-refractivity contribution is 5.90. The molecule has 0 bridgehead atoms. The summed E-state index contributed by atoms with van der Waals surface area (Å²) < 4.78 is 21.7. The van der Waals surface area contributed by atoms with Gasteiger partial charge in [0.05, 0.1) is 30.4 Å². The zero-order valence-electron chi connectivity index (χ0n) is 14.9. The maximum Gasteiger partial charge on any atom is 0.338 e. The Kier molecular flexibility index (Phi) is 7.31. The van der Waals surface area contributed by atoms with Gasteiger partial charge in [-0.3, -0.25) is 0 Å². The topological polar surface area (TPSA) is 77.8 Å². The molecule has 0 heterocycles. The molecule has 2 aromatic carbocycles. The van der Waals surface area contributed by atoms with Gasteiger partial charge in [-0.15, -0.1) is 0 Å². The van der Waals surface area contributed by atoms with Gasteiger partial charge in [0.1, 0.15) is 19.0 Å². The van der Waals surface area contributed by atoms with E-state index in [1.54, 1.807) is 42.5 Å². The molecular formula is C20H21NO5. The molecule has 0 aromatic heterocycles. The van der Waals surface area contributed by atoms with Crippen LogP contribution in [0.3, 0.4) is 0 Å². The van der Waals surface area contributed by atoms with Gasteiger partial charge in [-0.2, -0.15) is 5.26 Å². The summed E-state index contributed by atoms with van der Waals surface area (Å²) >= 11 is 0. The lowest BCUT2D eigenvalue weighted by Gasteiger charge is -2.12. The Morgan fingerprint density at radius 3 is 2.27 bits per heavy atom. The highest BCUT2D eigenvalue weighted by Crippen LogP contribution is 2.28. The minimum Gasteiger partial charge on any atom is -0.490 e. The maximum atomic E-state index is 12.2. The Labute approximate surface area is 152 Å². The molecule has 2 rings (SSSR count). The van der Waals surface area contributed by atoms with Crippen LogP contribution in [0.15, 0.2) is 42.5 Å². The van der Waals surface area contributed by atoms with Gasteiger partial charge in [0.25, 0.3) is 0 Å². The van der Waals surface area contributed by atoms with Crippen molar-refractivity contribution in [2.75, 3.05) is 26.4 Å². The Morgan fingerprint density at radius 2 is 1.62 bits per heavy atom. The van der Waals surface area contributed by atoms with E-state index in [1.807, 2.05) is 19.9 Å². The Hall–Kier alpha value is -3.20. The lowest BCUT2D eigenvalue weighted by Crippen LogP contribution is -2.12. The zero-order chi connectivity index (χ0) is 18.8. The third kappa shape index (κ3) is 5.42. The summed E-state index contributed by atoms with van der Waals surface area (Å²) in [5.41, 5.74) is 0.944. The smallest absolute Gasteiger partial charge is 0.338 e. The largest absolute Gasteiger partial charge is 0.490 e. The predicted molar refractivity (Wildman–Crippen MR) is 95.7 cm³/mol. The SMILES string of the molecule is CCOc1ccc(C(=O)OCCOc2ccc(C#N)cc2)cc1OCC. The number of nitriles is 1. The number of hydrogen-bond donors (Lipinski definition) is 0. The Bertz CT molecular complexity index is 765. The molecule has 0 N–H and O–H groups in total. The molecule has 136 valence electrons. The lowest BCUT2D eigenvalue weighted by atomic mass is 10.2. The first-order valence-electron chi connectivity index (χ1n) is 8.37. The summed E-state index contributed by atoms with van der Waals surface area (Å²) in [5, 5.41) is 8.75. The second-order valence-electron chi connectivity index (χ2n) is 5.15. The van der Waals surface area contributed by atoms with E-state index in [0.717, 1.165) is 0 Å². The second-order valence-corrected chi connectivity index (χ2v) is 5.15. The van der Waals surface area contributed by atoms with Crippen molar-refractivity contribution in [3.8, 4) is 23.3 Å². The quantitative estimate of drug-likeness (QED) is 0.505. The molecule has 6 heteroatoms. The average molecular weight is 355 g/mol. The van der Waals surface area contributed by atoms with Gasteiger partial charge >= 0.3 is 5.97 Å². The van der Waals surface area contributed by atoms with Gasteiger partial charge < -0.3 is 18.9 Å². The molecule has 0 amide bonds. The molecule has 0 unspecified atom stereocenters. The predicted octanol–water partition coefficient (Wildman–Crippen LogP) is 3.59. The van der Waals surface area contributed by atoms with Gasteiger partial charge in [0, 0.05) is 0 Å². The molecular weight excluding hydrogens is 334 g/mol. The van der Waals surface area contributed by atoms with E-state index in [9.17, 15) is 4.79 Å². The molecule has 0 spiro atoms. The lowest BCUT2D eigenvalue weighted by molar-refractivity contribution is 0.0450. The van der Waals surface area contributed by atoms with Crippen LogP contribution >= 0.6 is 0 Å². The minimum atomic E-state index is -0.461. The van der Waals surface area contributed by atoms with E-state index < -0.39 is 5.97 Å². The molecule has 0 aliphatic heterocycles. The van der Waals surface area contributed by atoms with Crippen molar-refractivity contribution in [3.63, 3.8) is 0 Å². The molecule has 0 radical (unpaired) electrons. The fraction of sp³-hybridized carbons (Fsp3) is 0.300. The number of hydrogen-bond acceptors (Lipinski definition) is 6.